The third-order valence-corrected chi connectivity index (χ3v) is 5.74. The lowest BCUT2D eigenvalue weighted by Crippen LogP contribution is -2.31. The second kappa shape index (κ2) is 11.8. The Labute approximate surface area is 214 Å². The summed E-state index contributed by atoms with van der Waals surface area (Å²) < 4.78 is 5.25. The lowest BCUT2D eigenvalue weighted by molar-refractivity contribution is -0.117. The fraction of sp³-hybridized carbons (Fsp3) is 0.333. The molecule has 3 aromatic carbocycles. The molecule has 0 saturated carbocycles. The van der Waals surface area contributed by atoms with Gasteiger partial charge in [0.15, 0.2) is 0 Å². The minimum atomic E-state index is -0.103. The van der Waals surface area contributed by atoms with Crippen molar-refractivity contribution in [2.45, 2.75) is 40.3 Å². The van der Waals surface area contributed by atoms with Gasteiger partial charge < -0.3 is 19.9 Å². The number of methoxy groups -OCH3 is 1. The summed E-state index contributed by atoms with van der Waals surface area (Å²) in [6.07, 6.45) is 0.424. The number of hydrogen-bond acceptors (Lipinski definition) is 4. The quantitative estimate of drug-likeness (QED) is 0.403. The van der Waals surface area contributed by atoms with Crippen molar-refractivity contribution < 1.29 is 14.3 Å². The number of amides is 2. The van der Waals surface area contributed by atoms with Crippen LogP contribution in [0.15, 0.2) is 72.8 Å². The summed E-state index contributed by atoms with van der Waals surface area (Å²) in [5.41, 5.74) is 4.19. The molecule has 0 aromatic heterocycles. The predicted octanol–water partition coefficient (Wildman–Crippen LogP) is 5.98. The first-order chi connectivity index (χ1) is 17.1. The maximum Gasteiger partial charge on any atom is 0.254 e. The topological polar surface area (TPSA) is 61.9 Å². The number of benzene rings is 3. The normalized spacial score (nSPS) is 11.1. The van der Waals surface area contributed by atoms with Gasteiger partial charge in [-0.3, -0.25) is 9.59 Å². The second-order valence-corrected chi connectivity index (χ2v) is 10.4. The van der Waals surface area contributed by atoms with Gasteiger partial charge in [0.05, 0.1) is 7.11 Å². The van der Waals surface area contributed by atoms with Gasteiger partial charge >= 0.3 is 0 Å². The zero-order chi connectivity index (χ0) is 26.3. The number of nitrogens with zero attached hydrogens (tertiary/aromatic N) is 2. The molecule has 6 nitrogen and oxygen atoms in total. The molecule has 0 saturated heterocycles. The highest BCUT2D eigenvalue weighted by Gasteiger charge is 2.20. The number of anilines is 2. The van der Waals surface area contributed by atoms with Gasteiger partial charge in [-0.15, -0.1) is 0 Å². The van der Waals surface area contributed by atoms with Crippen molar-refractivity contribution in [1.82, 2.24) is 4.90 Å². The Balaban J connectivity index is 1.94. The molecule has 1 N–H and O–H groups in total. The zero-order valence-corrected chi connectivity index (χ0v) is 22.2. The van der Waals surface area contributed by atoms with Crippen LogP contribution < -0.4 is 15.0 Å². The van der Waals surface area contributed by atoms with Crippen LogP contribution in [0.5, 0.6) is 5.75 Å². The molecule has 0 spiro atoms. The average Bonchev–Trinajstić information content (AvgIpc) is 2.82. The highest BCUT2D eigenvalue weighted by atomic mass is 16.5. The van der Waals surface area contributed by atoms with E-state index in [2.05, 4.69) is 5.32 Å². The molecule has 0 unspecified atom stereocenters. The first kappa shape index (κ1) is 26.8. The van der Waals surface area contributed by atoms with Crippen LogP contribution in [0.4, 0.5) is 11.4 Å². The predicted molar refractivity (Wildman–Crippen MR) is 146 cm³/mol. The van der Waals surface area contributed by atoms with E-state index in [9.17, 15) is 9.59 Å². The van der Waals surface area contributed by atoms with E-state index in [-0.39, 0.29) is 17.2 Å². The first-order valence-corrected chi connectivity index (χ1v) is 12.1. The zero-order valence-electron chi connectivity index (χ0n) is 22.2. The molecule has 0 fully saturated rings. The Hall–Kier alpha value is -3.80. The van der Waals surface area contributed by atoms with Crippen molar-refractivity contribution >= 4 is 23.2 Å². The van der Waals surface area contributed by atoms with E-state index in [1.165, 1.54) is 0 Å². The molecule has 190 valence electrons. The van der Waals surface area contributed by atoms with Crippen LogP contribution >= 0.6 is 0 Å². The van der Waals surface area contributed by atoms with Crippen LogP contribution in [0.25, 0.3) is 0 Å². The summed E-state index contributed by atoms with van der Waals surface area (Å²) in [7, 11) is 5.56. The van der Waals surface area contributed by atoms with E-state index in [4.69, 9.17) is 4.74 Å². The number of carbonyl (C=O) groups excluding carboxylic acids is 2. The Bertz CT molecular complexity index is 1170. The van der Waals surface area contributed by atoms with Crippen molar-refractivity contribution in [3.8, 4) is 5.75 Å². The number of rotatable bonds is 9. The van der Waals surface area contributed by atoms with E-state index >= 15 is 0 Å². The molecule has 0 aliphatic carbocycles. The van der Waals surface area contributed by atoms with Crippen LogP contribution in [0.1, 0.15) is 48.7 Å². The van der Waals surface area contributed by atoms with Crippen LogP contribution in [0.3, 0.4) is 0 Å². The summed E-state index contributed by atoms with van der Waals surface area (Å²) in [5.74, 6) is 0.602. The number of hydrogen-bond donors (Lipinski definition) is 1. The van der Waals surface area contributed by atoms with Crippen molar-refractivity contribution in [1.29, 1.82) is 0 Å². The third kappa shape index (κ3) is 7.60. The van der Waals surface area contributed by atoms with E-state index in [0.717, 1.165) is 22.5 Å². The molecule has 0 atom stereocenters. The maximum atomic E-state index is 13.7. The van der Waals surface area contributed by atoms with Crippen molar-refractivity contribution in [3.63, 3.8) is 0 Å². The average molecular weight is 488 g/mol. The van der Waals surface area contributed by atoms with E-state index in [1.54, 1.807) is 31.4 Å². The standard InChI is InChI=1S/C30H37N3O3/c1-30(2,3)19-28(34)31-25-14-17-27(32(4)5)24(18-25)21-33(20-22-10-8-7-9-11-22)29(35)23-12-15-26(36-6)16-13-23/h7-18H,19-21H2,1-6H3,(H,31,34). The molecule has 0 aliphatic rings. The van der Waals surface area contributed by atoms with Gasteiger partial charge in [-0.1, -0.05) is 51.1 Å². The van der Waals surface area contributed by atoms with Gasteiger partial charge in [-0.2, -0.15) is 0 Å². The monoisotopic (exact) mass is 487 g/mol. The van der Waals surface area contributed by atoms with Crippen molar-refractivity contribution in [3.05, 3.63) is 89.5 Å². The first-order valence-electron chi connectivity index (χ1n) is 12.1. The Morgan fingerprint density at radius 3 is 2.14 bits per heavy atom. The molecule has 6 heteroatoms. The Morgan fingerprint density at radius 1 is 0.889 bits per heavy atom. The van der Waals surface area contributed by atoms with Crippen LogP contribution in [-0.2, 0) is 17.9 Å². The fourth-order valence-corrected chi connectivity index (χ4v) is 4.04. The van der Waals surface area contributed by atoms with E-state index < -0.39 is 0 Å². The Kier molecular flexibility index (Phi) is 8.75. The molecule has 0 radical (unpaired) electrons. The second-order valence-electron chi connectivity index (χ2n) is 10.4. The molecule has 0 bridgehead atoms. The van der Waals surface area contributed by atoms with Gasteiger partial charge in [-0.05, 0) is 59.0 Å². The van der Waals surface area contributed by atoms with E-state index in [1.807, 2.05) is 93.2 Å². The summed E-state index contributed by atoms with van der Waals surface area (Å²) >= 11 is 0. The van der Waals surface area contributed by atoms with Crippen molar-refractivity contribution in [2.75, 3.05) is 31.4 Å². The molecule has 3 rings (SSSR count). The SMILES string of the molecule is COc1ccc(C(=O)N(Cc2ccccc2)Cc2cc(NC(=O)CC(C)(C)C)ccc2N(C)C)cc1. The van der Waals surface area contributed by atoms with Gasteiger partial charge in [0, 0.05) is 50.5 Å². The highest BCUT2D eigenvalue weighted by Crippen LogP contribution is 2.27. The largest absolute Gasteiger partial charge is 0.497 e. The lowest BCUT2D eigenvalue weighted by atomic mass is 9.92. The van der Waals surface area contributed by atoms with Crippen LogP contribution in [0.2, 0.25) is 0 Å². The minimum absolute atomic E-state index is 0.0264. The summed E-state index contributed by atoms with van der Waals surface area (Å²) in [4.78, 5) is 30.1. The van der Waals surface area contributed by atoms with Crippen LogP contribution in [0, 0.1) is 5.41 Å². The number of carbonyl (C=O) groups is 2. The number of nitrogens with one attached hydrogen (secondary N) is 1. The molecule has 36 heavy (non-hydrogen) atoms. The van der Waals surface area contributed by atoms with E-state index in [0.29, 0.717) is 30.8 Å². The summed E-state index contributed by atoms with van der Waals surface area (Å²) in [5, 5.41) is 3.03. The van der Waals surface area contributed by atoms with Gasteiger partial charge in [0.1, 0.15) is 5.75 Å². The van der Waals surface area contributed by atoms with Gasteiger partial charge in [0.25, 0.3) is 5.91 Å². The molecule has 3 aromatic rings. The number of ether oxygens (including phenoxy) is 1. The molecule has 0 heterocycles. The highest BCUT2D eigenvalue weighted by molar-refractivity contribution is 5.94. The molecular formula is C30H37N3O3. The summed E-state index contributed by atoms with van der Waals surface area (Å²) in [6.45, 7) is 6.97. The maximum absolute atomic E-state index is 13.7. The fourth-order valence-electron chi connectivity index (χ4n) is 4.04. The summed E-state index contributed by atoms with van der Waals surface area (Å²) in [6, 6.07) is 23.0. The van der Waals surface area contributed by atoms with Crippen LogP contribution in [-0.4, -0.2) is 37.9 Å². The third-order valence-electron chi connectivity index (χ3n) is 5.74. The Morgan fingerprint density at radius 2 is 1.56 bits per heavy atom. The van der Waals surface area contributed by atoms with Crippen molar-refractivity contribution in [2.24, 2.45) is 5.41 Å². The minimum Gasteiger partial charge on any atom is -0.497 e. The lowest BCUT2D eigenvalue weighted by Gasteiger charge is -2.27. The molecular weight excluding hydrogens is 450 g/mol. The molecule has 2 amide bonds. The van der Waals surface area contributed by atoms with Gasteiger partial charge in [-0.25, -0.2) is 0 Å². The smallest absolute Gasteiger partial charge is 0.254 e. The molecule has 0 aliphatic heterocycles. The van der Waals surface area contributed by atoms with Gasteiger partial charge in [0.2, 0.25) is 5.91 Å².